The van der Waals surface area contributed by atoms with Crippen LogP contribution in [0.2, 0.25) is 0 Å². The van der Waals surface area contributed by atoms with Gasteiger partial charge in [-0.05, 0) is 13.0 Å². The maximum Gasteiger partial charge on any atom is 0.272 e. The second-order valence-corrected chi connectivity index (χ2v) is 2.11. The number of nitrogens with zero attached hydrogens (tertiary/aromatic N) is 2. The van der Waals surface area contributed by atoms with Gasteiger partial charge in [0.25, 0.3) is 5.91 Å². The van der Waals surface area contributed by atoms with E-state index >= 15 is 0 Å². The molecule has 0 saturated heterocycles. The topological polar surface area (TPSA) is 53.8 Å². The van der Waals surface area contributed by atoms with Crippen LogP contribution in [-0.4, -0.2) is 24.9 Å². The third-order valence-electron chi connectivity index (χ3n) is 1.22. The Morgan fingerprint density at radius 1 is 1.62 bits per heavy atom. The molecule has 0 saturated carbocycles. The molecule has 0 fully saturated rings. The van der Waals surface area contributed by atoms with Gasteiger partial charge in [0, 0.05) is 13.3 Å². The molecule has 1 amide bonds. The van der Waals surface area contributed by atoms with Crippen molar-refractivity contribution in [2.45, 2.75) is 6.92 Å². The van der Waals surface area contributed by atoms with E-state index < -0.39 is 0 Å². The predicted molar refractivity (Wildman–Crippen MR) is 55.0 cm³/mol. The van der Waals surface area contributed by atoms with Gasteiger partial charge in [-0.15, -0.1) is 5.10 Å². The van der Waals surface area contributed by atoms with E-state index in [0.29, 0.717) is 6.54 Å². The van der Waals surface area contributed by atoms with Gasteiger partial charge in [-0.3, -0.25) is 4.79 Å². The van der Waals surface area contributed by atoms with Crippen LogP contribution in [0.15, 0.2) is 35.0 Å². The van der Waals surface area contributed by atoms with Crippen molar-refractivity contribution in [2.75, 3.05) is 6.54 Å². The minimum atomic E-state index is -0.305. The standard InChI is InChI=1S/C9H13N3O/c1-4-6-7-11-9(13)8(5-2)12-10-3/h4-6H,2-3,7H2,1H3,(H,11,13)/b6-4+,12-8+. The molecule has 0 aliphatic carbocycles. The van der Waals surface area contributed by atoms with E-state index in [1.165, 1.54) is 6.08 Å². The lowest BCUT2D eigenvalue weighted by Gasteiger charge is -1.99. The van der Waals surface area contributed by atoms with E-state index in [1.54, 1.807) is 0 Å². The molecule has 0 heterocycles. The second-order valence-electron chi connectivity index (χ2n) is 2.11. The molecule has 4 heteroatoms. The summed E-state index contributed by atoms with van der Waals surface area (Å²) in [5, 5.41) is 9.35. The molecule has 0 aromatic rings. The maximum absolute atomic E-state index is 11.2. The van der Waals surface area contributed by atoms with E-state index in [0.717, 1.165) is 0 Å². The molecule has 0 atom stereocenters. The van der Waals surface area contributed by atoms with E-state index in [4.69, 9.17) is 0 Å². The molecule has 1 N–H and O–H groups in total. The Labute approximate surface area is 77.8 Å². The lowest BCUT2D eigenvalue weighted by Crippen LogP contribution is -2.29. The van der Waals surface area contributed by atoms with Crippen LogP contribution in [0, 0.1) is 0 Å². The number of amides is 1. The smallest absolute Gasteiger partial charge is 0.272 e. The average Bonchev–Trinajstić information content (AvgIpc) is 2.14. The summed E-state index contributed by atoms with van der Waals surface area (Å²) in [6.07, 6.45) is 5.00. The maximum atomic E-state index is 11.2. The van der Waals surface area contributed by atoms with E-state index in [-0.39, 0.29) is 11.6 Å². The van der Waals surface area contributed by atoms with Crippen LogP contribution >= 0.6 is 0 Å². The van der Waals surface area contributed by atoms with Crippen molar-refractivity contribution in [3.05, 3.63) is 24.8 Å². The van der Waals surface area contributed by atoms with Crippen LogP contribution in [0.5, 0.6) is 0 Å². The van der Waals surface area contributed by atoms with Gasteiger partial charge in [0.05, 0.1) is 0 Å². The molecule has 4 nitrogen and oxygen atoms in total. The van der Waals surface area contributed by atoms with Crippen molar-refractivity contribution >= 4 is 18.3 Å². The summed E-state index contributed by atoms with van der Waals surface area (Å²) in [6.45, 7) is 8.93. The van der Waals surface area contributed by atoms with Crippen molar-refractivity contribution in [3.8, 4) is 0 Å². The summed E-state index contributed by atoms with van der Waals surface area (Å²) in [6, 6.07) is 0. The van der Waals surface area contributed by atoms with Crippen molar-refractivity contribution in [3.63, 3.8) is 0 Å². The lowest BCUT2D eigenvalue weighted by atomic mass is 10.3. The highest BCUT2D eigenvalue weighted by Gasteiger charge is 2.04. The fourth-order valence-electron chi connectivity index (χ4n) is 0.615. The van der Waals surface area contributed by atoms with Crippen LogP contribution in [0.4, 0.5) is 0 Å². The zero-order valence-corrected chi connectivity index (χ0v) is 7.66. The van der Waals surface area contributed by atoms with Crippen molar-refractivity contribution in [1.82, 2.24) is 5.32 Å². The number of allylic oxidation sites excluding steroid dienone is 1. The molecule has 0 spiro atoms. The number of carbonyl (C=O) groups excluding carboxylic acids is 1. The highest BCUT2D eigenvalue weighted by Crippen LogP contribution is 1.82. The van der Waals surface area contributed by atoms with Gasteiger partial charge in [-0.2, -0.15) is 5.10 Å². The zero-order chi connectivity index (χ0) is 10.1. The van der Waals surface area contributed by atoms with Crippen LogP contribution < -0.4 is 5.32 Å². The molecule has 13 heavy (non-hydrogen) atoms. The van der Waals surface area contributed by atoms with E-state index in [2.05, 4.69) is 28.8 Å². The van der Waals surface area contributed by atoms with Gasteiger partial charge in [-0.1, -0.05) is 18.7 Å². The molecule has 0 aromatic carbocycles. The fourth-order valence-corrected chi connectivity index (χ4v) is 0.615. The molecular formula is C9H13N3O. The monoisotopic (exact) mass is 179 g/mol. The largest absolute Gasteiger partial charge is 0.347 e. The summed E-state index contributed by atoms with van der Waals surface area (Å²) in [7, 11) is 0. The van der Waals surface area contributed by atoms with Crippen molar-refractivity contribution in [2.24, 2.45) is 10.2 Å². The molecule has 0 bridgehead atoms. The van der Waals surface area contributed by atoms with Crippen molar-refractivity contribution < 1.29 is 4.79 Å². The molecule has 70 valence electrons. The molecule has 0 unspecified atom stereocenters. The molecule has 0 aliphatic heterocycles. The van der Waals surface area contributed by atoms with Gasteiger partial charge in [0.1, 0.15) is 5.71 Å². The molecule has 0 rings (SSSR count). The highest BCUT2D eigenvalue weighted by molar-refractivity contribution is 6.43. The zero-order valence-electron chi connectivity index (χ0n) is 7.66. The van der Waals surface area contributed by atoms with Crippen LogP contribution in [0.25, 0.3) is 0 Å². The van der Waals surface area contributed by atoms with Crippen LogP contribution in [0.1, 0.15) is 6.92 Å². The van der Waals surface area contributed by atoms with E-state index in [9.17, 15) is 4.79 Å². The lowest BCUT2D eigenvalue weighted by molar-refractivity contribution is -0.114. The van der Waals surface area contributed by atoms with Gasteiger partial charge in [0.2, 0.25) is 0 Å². The SMILES string of the molecule is C=C/C(=N\N=C)C(=O)NC/C=C/C. The number of rotatable bonds is 5. The normalized spacial score (nSPS) is 11.3. The third-order valence-corrected chi connectivity index (χ3v) is 1.22. The number of nitrogens with one attached hydrogen (secondary N) is 1. The van der Waals surface area contributed by atoms with Gasteiger partial charge >= 0.3 is 0 Å². The summed E-state index contributed by atoms with van der Waals surface area (Å²) in [4.78, 5) is 11.2. The minimum Gasteiger partial charge on any atom is -0.347 e. The van der Waals surface area contributed by atoms with Crippen LogP contribution in [-0.2, 0) is 4.79 Å². The molecule has 0 aromatic heterocycles. The Bertz CT molecular complexity index is 254. The fraction of sp³-hybridized carbons (Fsp3) is 0.222. The number of hydrogen-bond acceptors (Lipinski definition) is 3. The summed E-state index contributed by atoms with van der Waals surface area (Å²) >= 11 is 0. The quantitative estimate of drug-likeness (QED) is 0.381. The van der Waals surface area contributed by atoms with Gasteiger partial charge < -0.3 is 5.32 Å². The average molecular weight is 179 g/mol. The van der Waals surface area contributed by atoms with E-state index in [1.807, 2.05) is 19.1 Å². The first-order chi connectivity index (χ1) is 6.26. The van der Waals surface area contributed by atoms with Crippen LogP contribution in [0.3, 0.4) is 0 Å². The molecule has 0 radical (unpaired) electrons. The Balaban J connectivity index is 4.14. The minimum absolute atomic E-state index is 0.166. The van der Waals surface area contributed by atoms with Gasteiger partial charge in [0.15, 0.2) is 0 Å². The Hall–Kier alpha value is -1.71. The molecule has 0 aliphatic rings. The number of carbonyl (C=O) groups is 1. The summed E-state index contributed by atoms with van der Waals surface area (Å²) < 4.78 is 0. The Morgan fingerprint density at radius 3 is 2.77 bits per heavy atom. The number of hydrogen-bond donors (Lipinski definition) is 1. The second kappa shape index (κ2) is 6.97. The van der Waals surface area contributed by atoms with Crippen molar-refractivity contribution in [1.29, 1.82) is 0 Å². The Morgan fingerprint density at radius 2 is 2.31 bits per heavy atom. The third kappa shape index (κ3) is 4.68. The first-order valence-corrected chi connectivity index (χ1v) is 3.81. The summed E-state index contributed by atoms with van der Waals surface area (Å²) in [5.74, 6) is -0.305. The predicted octanol–water partition coefficient (Wildman–Crippen LogP) is 0.921. The molecular weight excluding hydrogens is 166 g/mol. The first-order valence-electron chi connectivity index (χ1n) is 3.81. The first kappa shape index (κ1) is 11.3. The highest BCUT2D eigenvalue weighted by atomic mass is 16.1. The van der Waals surface area contributed by atoms with Gasteiger partial charge in [-0.25, -0.2) is 0 Å². The summed E-state index contributed by atoms with van der Waals surface area (Å²) in [5.41, 5.74) is 0.166. The Kier molecular flexibility index (Phi) is 6.05.